The maximum Gasteiger partial charge on any atom is 0.163 e. The second-order valence-corrected chi connectivity index (χ2v) is 9.70. The topological polar surface area (TPSA) is 72.4 Å². The highest BCUT2D eigenvalue weighted by atomic mass is 32.1. The maximum atomic E-state index is 5.49. The van der Waals surface area contributed by atoms with E-state index in [1.54, 1.807) is 7.11 Å². The molecular formula is C26H25N5O2S. The highest BCUT2D eigenvalue weighted by molar-refractivity contribution is 7.16. The van der Waals surface area contributed by atoms with Gasteiger partial charge in [0, 0.05) is 35.6 Å². The molecule has 0 amide bonds. The number of nitrogens with one attached hydrogen (secondary N) is 1. The Balaban J connectivity index is 1.32. The van der Waals surface area contributed by atoms with Gasteiger partial charge in [-0.25, -0.2) is 15.0 Å². The Morgan fingerprint density at radius 1 is 1.15 bits per heavy atom. The first-order chi connectivity index (χ1) is 16.7. The Kier molecular flexibility index (Phi) is 5.19. The Morgan fingerprint density at radius 3 is 2.76 bits per heavy atom. The van der Waals surface area contributed by atoms with Crippen LogP contribution in [0.2, 0.25) is 0 Å². The molecule has 2 aliphatic heterocycles. The van der Waals surface area contributed by atoms with Crippen LogP contribution < -0.4 is 10.2 Å². The number of benzene rings is 2. The molecule has 2 aromatic carbocycles. The fourth-order valence-electron chi connectivity index (χ4n) is 4.63. The summed E-state index contributed by atoms with van der Waals surface area (Å²) in [6, 6.07) is 16.5. The molecule has 2 aliphatic rings. The zero-order chi connectivity index (χ0) is 23.1. The van der Waals surface area contributed by atoms with E-state index in [2.05, 4.69) is 45.5 Å². The summed E-state index contributed by atoms with van der Waals surface area (Å²) < 4.78 is 10.9. The molecule has 2 fully saturated rings. The van der Waals surface area contributed by atoms with E-state index in [-0.39, 0.29) is 0 Å². The van der Waals surface area contributed by atoms with Gasteiger partial charge in [-0.05, 0) is 37.3 Å². The van der Waals surface area contributed by atoms with Crippen molar-refractivity contribution in [3.05, 3.63) is 65.7 Å². The number of fused-ring (bicyclic) bond motifs is 1. The van der Waals surface area contributed by atoms with Gasteiger partial charge in [-0.15, -0.1) is 11.3 Å². The predicted octanol–water partition coefficient (Wildman–Crippen LogP) is 5.34. The third-order valence-electron chi connectivity index (χ3n) is 6.43. The monoisotopic (exact) mass is 471 g/mol. The number of aromatic nitrogens is 3. The van der Waals surface area contributed by atoms with Gasteiger partial charge in [0.05, 0.1) is 31.2 Å². The minimum absolute atomic E-state index is 0.377. The lowest BCUT2D eigenvalue weighted by Crippen LogP contribution is -2.66. The Labute approximate surface area is 202 Å². The molecule has 0 atom stereocenters. The first-order valence-corrected chi connectivity index (χ1v) is 12.2. The van der Waals surface area contributed by atoms with Crippen molar-refractivity contribution in [2.75, 3.05) is 43.6 Å². The van der Waals surface area contributed by atoms with Gasteiger partial charge >= 0.3 is 0 Å². The lowest BCUT2D eigenvalue weighted by Gasteiger charge is -2.56. The molecule has 2 aromatic heterocycles. The Bertz CT molecular complexity index is 1390. The average Bonchev–Trinajstić information content (AvgIpc) is 3.28. The van der Waals surface area contributed by atoms with E-state index in [0.29, 0.717) is 17.1 Å². The van der Waals surface area contributed by atoms with E-state index in [1.165, 1.54) is 17.0 Å². The predicted molar refractivity (Wildman–Crippen MR) is 136 cm³/mol. The lowest BCUT2D eigenvalue weighted by atomic mass is 9.78. The van der Waals surface area contributed by atoms with Crippen LogP contribution in [0.15, 0.2) is 60.1 Å². The van der Waals surface area contributed by atoms with Gasteiger partial charge in [0.15, 0.2) is 11.6 Å². The number of hydrogen-bond acceptors (Lipinski definition) is 8. The van der Waals surface area contributed by atoms with E-state index in [4.69, 9.17) is 19.4 Å². The van der Waals surface area contributed by atoms with E-state index in [0.717, 1.165) is 59.2 Å². The van der Waals surface area contributed by atoms with Crippen LogP contribution in [0.4, 0.5) is 17.2 Å². The molecule has 0 radical (unpaired) electrons. The third-order valence-corrected chi connectivity index (χ3v) is 7.15. The summed E-state index contributed by atoms with van der Waals surface area (Å²) >= 11 is 1.51. The molecule has 34 heavy (non-hydrogen) atoms. The molecular weight excluding hydrogens is 446 g/mol. The second kappa shape index (κ2) is 8.38. The van der Waals surface area contributed by atoms with Gasteiger partial charge in [0.25, 0.3) is 0 Å². The van der Waals surface area contributed by atoms with Crippen molar-refractivity contribution in [3.63, 3.8) is 0 Å². The first kappa shape index (κ1) is 21.1. The molecule has 1 N–H and O–H groups in total. The highest BCUT2D eigenvalue weighted by Crippen LogP contribution is 2.41. The standard InChI is InChI=1S/C26H25N5O2S/c1-3-21(32-2)17-6-4-7-18(10-17)23-29-24(22-25(30-23)34-16-27-22)28-19-8-5-9-20(11-19)31-12-26(13-31)14-33-15-26/h3-11,16H,12-15H2,1-2H3,(H,28,29,30). The van der Waals surface area contributed by atoms with Crippen molar-refractivity contribution < 1.29 is 9.47 Å². The number of rotatable bonds is 6. The molecule has 0 unspecified atom stereocenters. The van der Waals surface area contributed by atoms with Crippen molar-refractivity contribution in [2.45, 2.75) is 6.92 Å². The summed E-state index contributed by atoms with van der Waals surface area (Å²) in [5.74, 6) is 2.17. The number of hydrogen-bond donors (Lipinski definition) is 1. The number of thiazole rings is 1. The number of allylic oxidation sites excluding steroid dienone is 1. The summed E-state index contributed by atoms with van der Waals surface area (Å²) in [7, 11) is 1.68. The van der Waals surface area contributed by atoms with Crippen LogP contribution in [0.25, 0.3) is 27.5 Å². The van der Waals surface area contributed by atoms with E-state index >= 15 is 0 Å². The largest absolute Gasteiger partial charge is 0.496 e. The van der Waals surface area contributed by atoms with Gasteiger partial charge in [0.1, 0.15) is 16.1 Å². The van der Waals surface area contributed by atoms with Crippen molar-refractivity contribution in [1.82, 2.24) is 15.0 Å². The second-order valence-electron chi connectivity index (χ2n) is 8.86. The number of nitrogens with zero attached hydrogens (tertiary/aromatic N) is 4. The van der Waals surface area contributed by atoms with Crippen LogP contribution in [0.1, 0.15) is 12.5 Å². The zero-order valence-corrected chi connectivity index (χ0v) is 19.9. The summed E-state index contributed by atoms with van der Waals surface area (Å²) in [4.78, 5) is 17.4. The summed E-state index contributed by atoms with van der Waals surface area (Å²) in [6.45, 7) is 5.83. The van der Waals surface area contributed by atoms with Crippen molar-refractivity contribution >= 4 is 44.6 Å². The molecule has 1 spiro atoms. The molecule has 2 saturated heterocycles. The van der Waals surface area contributed by atoms with E-state index in [1.807, 2.05) is 36.7 Å². The lowest BCUT2D eigenvalue weighted by molar-refractivity contribution is -0.127. The molecule has 0 bridgehead atoms. The number of methoxy groups -OCH3 is 1. The zero-order valence-electron chi connectivity index (χ0n) is 19.1. The van der Waals surface area contributed by atoms with Gasteiger partial charge in [-0.2, -0.15) is 0 Å². The normalized spacial score (nSPS) is 16.9. The molecule has 172 valence electrons. The first-order valence-electron chi connectivity index (χ1n) is 11.3. The number of ether oxygens (including phenoxy) is 2. The summed E-state index contributed by atoms with van der Waals surface area (Å²) in [6.07, 6.45) is 1.95. The molecule has 7 nitrogen and oxygen atoms in total. The Hall–Kier alpha value is -3.49. The van der Waals surface area contributed by atoms with Crippen LogP contribution in [-0.2, 0) is 9.47 Å². The van der Waals surface area contributed by atoms with Crippen LogP contribution in [0, 0.1) is 5.41 Å². The molecule has 6 rings (SSSR count). The van der Waals surface area contributed by atoms with Gasteiger partial charge in [0.2, 0.25) is 0 Å². The van der Waals surface area contributed by atoms with Crippen LogP contribution in [0.3, 0.4) is 0 Å². The quantitative estimate of drug-likeness (QED) is 0.381. The number of anilines is 3. The van der Waals surface area contributed by atoms with Crippen molar-refractivity contribution in [1.29, 1.82) is 0 Å². The fourth-order valence-corrected chi connectivity index (χ4v) is 5.29. The smallest absolute Gasteiger partial charge is 0.163 e. The van der Waals surface area contributed by atoms with E-state index in [9.17, 15) is 0 Å². The SMILES string of the molecule is CC=C(OC)c1cccc(-c2nc(Nc3cccc(N4CC5(COC5)C4)c3)c3ncsc3n2)c1. The van der Waals surface area contributed by atoms with Gasteiger partial charge in [-0.1, -0.05) is 24.3 Å². The highest BCUT2D eigenvalue weighted by Gasteiger charge is 2.49. The summed E-state index contributed by atoms with van der Waals surface area (Å²) in [5.41, 5.74) is 7.06. The minimum atomic E-state index is 0.377. The molecule has 8 heteroatoms. The Morgan fingerprint density at radius 2 is 2.00 bits per heavy atom. The fraction of sp³-hybridized carbons (Fsp3) is 0.269. The molecule has 0 saturated carbocycles. The molecule has 0 aliphatic carbocycles. The molecule has 4 heterocycles. The summed E-state index contributed by atoms with van der Waals surface area (Å²) in [5, 5.41) is 3.50. The molecule has 4 aromatic rings. The van der Waals surface area contributed by atoms with Gasteiger partial charge in [-0.3, -0.25) is 0 Å². The third kappa shape index (κ3) is 3.69. The van der Waals surface area contributed by atoms with Gasteiger partial charge < -0.3 is 19.7 Å². The average molecular weight is 472 g/mol. The van der Waals surface area contributed by atoms with Crippen LogP contribution in [0.5, 0.6) is 0 Å². The van der Waals surface area contributed by atoms with Crippen molar-refractivity contribution in [2.24, 2.45) is 5.41 Å². The maximum absolute atomic E-state index is 5.49. The van der Waals surface area contributed by atoms with Crippen LogP contribution in [-0.4, -0.2) is 48.4 Å². The minimum Gasteiger partial charge on any atom is -0.496 e. The van der Waals surface area contributed by atoms with Crippen LogP contribution >= 0.6 is 11.3 Å². The van der Waals surface area contributed by atoms with E-state index < -0.39 is 0 Å². The van der Waals surface area contributed by atoms with Crippen molar-refractivity contribution in [3.8, 4) is 11.4 Å².